The molecule has 2 aromatic rings. The van der Waals surface area contributed by atoms with Gasteiger partial charge >= 0.3 is 0 Å². The summed E-state index contributed by atoms with van der Waals surface area (Å²) in [6.07, 6.45) is 0. The number of nitrogens with one attached hydrogen (secondary N) is 1. The van der Waals surface area contributed by atoms with Crippen molar-refractivity contribution in [1.29, 1.82) is 0 Å². The molecule has 3 N–H and O–H groups in total. The maximum atomic E-state index is 12.3. The van der Waals surface area contributed by atoms with Crippen LogP contribution in [0.5, 0.6) is 0 Å². The van der Waals surface area contributed by atoms with Gasteiger partial charge in [0.2, 0.25) is 5.76 Å². The highest BCUT2D eigenvalue weighted by Crippen LogP contribution is 2.21. The van der Waals surface area contributed by atoms with E-state index in [1.807, 2.05) is 52.0 Å². The van der Waals surface area contributed by atoms with Gasteiger partial charge < -0.3 is 15.6 Å². The summed E-state index contributed by atoms with van der Waals surface area (Å²) in [6, 6.07) is 9.54. The number of nitrogens with two attached hydrogens (primary N) is 1. The minimum Gasteiger partial charge on any atom is -0.350 e. The summed E-state index contributed by atoms with van der Waals surface area (Å²) >= 11 is 0. The van der Waals surface area contributed by atoms with Crippen molar-refractivity contribution in [2.75, 3.05) is 6.54 Å². The van der Waals surface area contributed by atoms with E-state index in [9.17, 15) is 4.79 Å². The Morgan fingerprint density at radius 2 is 2.00 bits per heavy atom. The smallest absolute Gasteiger partial charge is 0.290 e. The minimum atomic E-state index is -0.478. The van der Waals surface area contributed by atoms with Gasteiger partial charge in [0.1, 0.15) is 5.69 Å². The second-order valence-electron chi connectivity index (χ2n) is 6.17. The molecule has 1 heterocycles. The number of rotatable bonds is 5. The van der Waals surface area contributed by atoms with Gasteiger partial charge in [-0.25, -0.2) is 0 Å². The third kappa shape index (κ3) is 3.36. The lowest BCUT2D eigenvalue weighted by Crippen LogP contribution is -2.54. The molecule has 5 nitrogen and oxygen atoms in total. The first kappa shape index (κ1) is 16.2. The standard InChI is InChI=1S/C17H23N3O2/c1-11(2)17(4,10-18)19-16(21)15-9-14(20-22-15)13-7-5-12(3)6-8-13/h5-9,11H,10,18H2,1-4H3,(H,19,21). The highest BCUT2D eigenvalue weighted by molar-refractivity contribution is 5.92. The maximum Gasteiger partial charge on any atom is 0.290 e. The lowest BCUT2D eigenvalue weighted by Gasteiger charge is -2.33. The molecule has 118 valence electrons. The number of nitrogens with zero attached hydrogens (tertiary/aromatic N) is 1. The summed E-state index contributed by atoms with van der Waals surface area (Å²) < 4.78 is 5.18. The Morgan fingerprint density at radius 3 is 2.55 bits per heavy atom. The van der Waals surface area contributed by atoms with Crippen LogP contribution in [0.4, 0.5) is 0 Å². The van der Waals surface area contributed by atoms with Gasteiger partial charge in [-0.3, -0.25) is 4.79 Å². The molecule has 0 aliphatic rings. The van der Waals surface area contributed by atoms with Crippen molar-refractivity contribution in [3.8, 4) is 11.3 Å². The molecule has 2 rings (SSSR count). The Morgan fingerprint density at radius 1 is 1.36 bits per heavy atom. The lowest BCUT2D eigenvalue weighted by molar-refractivity contribution is 0.0845. The average Bonchev–Trinajstić information content (AvgIpc) is 2.97. The first-order chi connectivity index (χ1) is 10.4. The Labute approximate surface area is 130 Å². The molecule has 1 atom stereocenters. The van der Waals surface area contributed by atoms with Gasteiger partial charge in [-0.2, -0.15) is 0 Å². The number of benzene rings is 1. The van der Waals surface area contributed by atoms with Gasteiger partial charge in [-0.1, -0.05) is 48.8 Å². The molecule has 5 heteroatoms. The van der Waals surface area contributed by atoms with E-state index in [2.05, 4.69) is 10.5 Å². The van der Waals surface area contributed by atoms with Crippen LogP contribution >= 0.6 is 0 Å². The Hall–Kier alpha value is -2.14. The van der Waals surface area contributed by atoms with E-state index in [-0.39, 0.29) is 17.6 Å². The number of hydrogen-bond acceptors (Lipinski definition) is 4. The molecular formula is C17H23N3O2. The number of carbonyl (C=O) groups excluding carboxylic acids is 1. The van der Waals surface area contributed by atoms with E-state index < -0.39 is 5.54 Å². The lowest BCUT2D eigenvalue weighted by atomic mass is 9.88. The Bertz CT molecular complexity index is 646. The minimum absolute atomic E-state index is 0.191. The van der Waals surface area contributed by atoms with Gasteiger partial charge in [0, 0.05) is 18.2 Å². The summed E-state index contributed by atoms with van der Waals surface area (Å²) in [5, 5.41) is 6.91. The zero-order chi connectivity index (χ0) is 16.3. The molecular weight excluding hydrogens is 278 g/mol. The second kappa shape index (κ2) is 6.32. The van der Waals surface area contributed by atoms with Gasteiger partial charge in [-0.05, 0) is 19.8 Å². The zero-order valence-electron chi connectivity index (χ0n) is 13.5. The van der Waals surface area contributed by atoms with E-state index in [0.29, 0.717) is 12.2 Å². The molecule has 22 heavy (non-hydrogen) atoms. The van der Waals surface area contributed by atoms with E-state index >= 15 is 0 Å². The highest BCUT2D eigenvalue weighted by Gasteiger charge is 2.30. The van der Waals surface area contributed by atoms with Crippen LogP contribution < -0.4 is 11.1 Å². The van der Waals surface area contributed by atoms with Crippen LogP contribution in [-0.4, -0.2) is 23.1 Å². The van der Waals surface area contributed by atoms with Gasteiger partial charge in [0.05, 0.1) is 5.54 Å². The van der Waals surface area contributed by atoms with Crippen LogP contribution in [0.3, 0.4) is 0 Å². The van der Waals surface area contributed by atoms with Crippen LogP contribution in [0, 0.1) is 12.8 Å². The highest BCUT2D eigenvalue weighted by atomic mass is 16.5. The summed E-state index contributed by atoms with van der Waals surface area (Å²) in [4.78, 5) is 12.3. The van der Waals surface area contributed by atoms with Crippen molar-refractivity contribution in [2.24, 2.45) is 11.7 Å². The average molecular weight is 301 g/mol. The number of aromatic nitrogens is 1. The first-order valence-corrected chi connectivity index (χ1v) is 7.42. The van der Waals surface area contributed by atoms with E-state index in [4.69, 9.17) is 10.3 Å². The predicted molar refractivity (Wildman–Crippen MR) is 86.4 cm³/mol. The number of carbonyl (C=O) groups is 1. The number of hydrogen-bond donors (Lipinski definition) is 2. The fourth-order valence-corrected chi connectivity index (χ4v) is 1.99. The molecule has 0 spiro atoms. The van der Waals surface area contributed by atoms with Gasteiger partial charge in [-0.15, -0.1) is 0 Å². The molecule has 1 aromatic heterocycles. The summed E-state index contributed by atoms with van der Waals surface area (Å²) in [5.74, 6) is 0.101. The van der Waals surface area contributed by atoms with Crippen molar-refractivity contribution < 1.29 is 9.32 Å². The molecule has 1 aromatic carbocycles. The molecule has 0 bridgehead atoms. The molecule has 0 aliphatic carbocycles. The van der Waals surface area contributed by atoms with E-state index in [1.165, 1.54) is 5.56 Å². The second-order valence-corrected chi connectivity index (χ2v) is 6.17. The molecule has 1 amide bonds. The van der Waals surface area contributed by atoms with Crippen LogP contribution in [0.2, 0.25) is 0 Å². The number of aryl methyl sites for hydroxylation is 1. The quantitative estimate of drug-likeness (QED) is 0.889. The molecule has 0 saturated heterocycles. The van der Waals surface area contributed by atoms with E-state index in [1.54, 1.807) is 6.07 Å². The topological polar surface area (TPSA) is 81.2 Å². The van der Waals surface area contributed by atoms with Crippen LogP contribution in [0.25, 0.3) is 11.3 Å². The third-order valence-electron chi connectivity index (χ3n) is 4.18. The van der Waals surface area contributed by atoms with E-state index in [0.717, 1.165) is 5.56 Å². The van der Waals surface area contributed by atoms with Gasteiger partial charge in [0.15, 0.2) is 0 Å². The first-order valence-electron chi connectivity index (χ1n) is 7.42. The van der Waals surface area contributed by atoms with Crippen molar-refractivity contribution >= 4 is 5.91 Å². The van der Waals surface area contributed by atoms with Crippen LogP contribution in [-0.2, 0) is 0 Å². The van der Waals surface area contributed by atoms with Gasteiger partial charge in [0.25, 0.3) is 5.91 Å². The van der Waals surface area contributed by atoms with Crippen molar-refractivity contribution in [3.05, 3.63) is 41.7 Å². The molecule has 0 saturated carbocycles. The molecule has 0 radical (unpaired) electrons. The molecule has 0 aliphatic heterocycles. The fourth-order valence-electron chi connectivity index (χ4n) is 1.99. The number of amides is 1. The van der Waals surface area contributed by atoms with Crippen molar-refractivity contribution in [3.63, 3.8) is 0 Å². The van der Waals surface area contributed by atoms with Crippen molar-refractivity contribution in [2.45, 2.75) is 33.2 Å². The monoisotopic (exact) mass is 301 g/mol. The van der Waals surface area contributed by atoms with Crippen LogP contribution in [0.1, 0.15) is 36.9 Å². The van der Waals surface area contributed by atoms with Crippen molar-refractivity contribution in [1.82, 2.24) is 10.5 Å². The summed E-state index contributed by atoms with van der Waals surface area (Å²) in [7, 11) is 0. The Kier molecular flexibility index (Phi) is 4.66. The Balaban J connectivity index is 2.17. The SMILES string of the molecule is Cc1ccc(-c2cc(C(=O)NC(C)(CN)C(C)C)on2)cc1. The largest absolute Gasteiger partial charge is 0.350 e. The summed E-state index contributed by atoms with van der Waals surface area (Å²) in [6.45, 7) is 8.34. The normalized spacial score (nSPS) is 13.9. The maximum absolute atomic E-state index is 12.3. The van der Waals surface area contributed by atoms with Crippen LogP contribution in [0.15, 0.2) is 34.9 Å². The predicted octanol–water partition coefficient (Wildman–Crippen LogP) is 2.75. The third-order valence-corrected chi connectivity index (χ3v) is 4.18. The molecule has 1 unspecified atom stereocenters. The summed E-state index contributed by atoms with van der Waals surface area (Å²) in [5.41, 5.74) is 8.03. The molecule has 0 fully saturated rings. The zero-order valence-corrected chi connectivity index (χ0v) is 13.5. The fraction of sp³-hybridized carbons (Fsp3) is 0.412.